The smallest absolute Gasteiger partial charge is 0.269 e. The lowest BCUT2D eigenvalue weighted by Crippen LogP contribution is -2.41. The highest BCUT2D eigenvalue weighted by atomic mass is 35.5. The number of benzene rings is 2. The molecule has 0 aliphatic rings. The first-order chi connectivity index (χ1) is 10.7. The van der Waals surface area contributed by atoms with E-state index in [1.807, 2.05) is 10.3 Å². The molecule has 2 aromatic rings. The molecule has 0 aliphatic carbocycles. The lowest BCUT2D eigenvalue weighted by molar-refractivity contribution is 0.0942. The fourth-order valence-corrected chi connectivity index (χ4v) is 3.19. The van der Waals surface area contributed by atoms with Crippen LogP contribution in [-0.4, -0.2) is 19.4 Å². The lowest BCUT2D eigenvalue weighted by atomic mass is 10.2. The first-order valence-corrected chi connectivity index (χ1v) is 8.52. The fraction of sp³-hybridized carbons (Fsp3) is 0.0714. The van der Waals surface area contributed by atoms with Gasteiger partial charge in [-0.2, -0.15) is 0 Å². The minimum absolute atomic E-state index is 0.0739. The van der Waals surface area contributed by atoms with Crippen LogP contribution in [0.5, 0.6) is 5.75 Å². The third kappa shape index (κ3) is 3.94. The maximum atomic E-state index is 12.2. The van der Waals surface area contributed by atoms with Gasteiger partial charge in [-0.3, -0.25) is 10.2 Å². The van der Waals surface area contributed by atoms with E-state index in [1.165, 1.54) is 36.4 Å². The van der Waals surface area contributed by atoms with Crippen LogP contribution >= 0.6 is 23.2 Å². The fourth-order valence-electron chi connectivity index (χ4n) is 1.68. The average molecular weight is 375 g/mol. The van der Waals surface area contributed by atoms with Crippen LogP contribution in [0.4, 0.5) is 0 Å². The van der Waals surface area contributed by atoms with Crippen molar-refractivity contribution in [1.82, 2.24) is 10.3 Å². The van der Waals surface area contributed by atoms with Crippen molar-refractivity contribution in [3.05, 3.63) is 57.6 Å². The lowest BCUT2D eigenvalue weighted by Gasteiger charge is -2.11. The number of halogens is 2. The Morgan fingerprint density at radius 3 is 2.26 bits per heavy atom. The van der Waals surface area contributed by atoms with Gasteiger partial charge in [-0.1, -0.05) is 35.3 Å². The second kappa shape index (κ2) is 6.76. The van der Waals surface area contributed by atoms with E-state index < -0.39 is 15.9 Å². The molecule has 2 rings (SSSR count). The van der Waals surface area contributed by atoms with E-state index in [0.29, 0.717) is 5.56 Å². The van der Waals surface area contributed by atoms with E-state index >= 15 is 0 Å². The Labute approximate surface area is 143 Å². The van der Waals surface area contributed by atoms with Gasteiger partial charge < -0.3 is 5.11 Å². The highest BCUT2D eigenvalue weighted by Gasteiger charge is 2.19. The molecular weight excluding hydrogens is 363 g/mol. The molecule has 0 radical (unpaired) electrons. The molecule has 0 saturated carbocycles. The molecule has 0 fully saturated rings. The van der Waals surface area contributed by atoms with Gasteiger partial charge in [0.05, 0.1) is 10.5 Å². The van der Waals surface area contributed by atoms with Crippen molar-refractivity contribution in [2.24, 2.45) is 0 Å². The number of para-hydroxylation sites is 1. The molecule has 122 valence electrons. The van der Waals surface area contributed by atoms with Crippen LogP contribution in [0.1, 0.15) is 15.9 Å². The molecule has 23 heavy (non-hydrogen) atoms. The zero-order valence-electron chi connectivity index (χ0n) is 11.8. The molecule has 0 unspecified atom stereocenters. The first kappa shape index (κ1) is 17.6. The van der Waals surface area contributed by atoms with Crippen molar-refractivity contribution < 1.29 is 18.3 Å². The number of nitrogens with one attached hydrogen (secondary N) is 2. The second-order valence-electron chi connectivity index (χ2n) is 4.59. The number of carbonyl (C=O) groups excluding carboxylic acids is 1. The molecule has 3 N–H and O–H groups in total. The highest BCUT2D eigenvalue weighted by molar-refractivity contribution is 7.89. The predicted molar refractivity (Wildman–Crippen MR) is 87.1 cm³/mol. The molecule has 0 aliphatic heterocycles. The van der Waals surface area contributed by atoms with E-state index in [4.69, 9.17) is 23.2 Å². The molecule has 1 amide bonds. The van der Waals surface area contributed by atoms with Crippen LogP contribution in [0.3, 0.4) is 0 Å². The second-order valence-corrected chi connectivity index (χ2v) is 7.09. The van der Waals surface area contributed by atoms with E-state index in [0.717, 1.165) is 0 Å². The summed E-state index contributed by atoms with van der Waals surface area (Å²) >= 11 is 11.8. The van der Waals surface area contributed by atoms with Gasteiger partial charge in [-0.25, -0.2) is 8.42 Å². The normalized spacial score (nSPS) is 11.3. The predicted octanol–water partition coefficient (Wildman–Crippen LogP) is 2.63. The van der Waals surface area contributed by atoms with Crippen molar-refractivity contribution in [3.8, 4) is 5.75 Å². The van der Waals surface area contributed by atoms with Crippen molar-refractivity contribution in [1.29, 1.82) is 0 Å². The van der Waals surface area contributed by atoms with Gasteiger partial charge in [0, 0.05) is 10.0 Å². The van der Waals surface area contributed by atoms with Crippen LogP contribution < -0.4 is 10.3 Å². The summed E-state index contributed by atoms with van der Waals surface area (Å²) in [7, 11) is -4.07. The van der Waals surface area contributed by atoms with Gasteiger partial charge in [0.25, 0.3) is 15.9 Å². The Hall–Kier alpha value is -1.80. The van der Waals surface area contributed by atoms with Gasteiger partial charge >= 0.3 is 0 Å². The Morgan fingerprint density at radius 2 is 1.70 bits per heavy atom. The summed E-state index contributed by atoms with van der Waals surface area (Å²) in [5, 5.41) is 9.93. The number of hydrogen-bond donors (Lipinski definition) is 3. The van der Waals surface area contributed by atoms with Crippen molar-refractivity contribution in [3.63, 3.8) is 0 Å². The molecule has 6 nitrogen and oxygen atoms in total. The first-order valence-electron chi connectivity index (χ1n) is 6.28. The Balaban J connectivity index is 2.20. The third-order valence-electron chi connectivity index (χ3n) is 3.01. The van der Waals surface area contributed by atoms with Crippen molar-refractivity contribution in [2.45, 2.75) is 11.8 Å². The number of aromatic hydroxyl groups is 1. The van der Waals surface area contributed by atoms with Crippen LogP contribution in [0.15, 0.2) is 41.3 Å². The number of amides is 1. The molecule has 0 spiro atoms. The largest absolute Gasteiger partial charge is 0.507 e. The molecule has 2 aromatic carbocycles. The minimum Gasteiger partial charge on any atom is -0.507 e. The van der Waals surface area contributed by atoms with Crippen LogP contribution in [0.25, 0.3) is 0 Å². The van der Waals surface area contributed by atoms with Gasteiger partial charge in [0.2, 0.25) is 0 Å². The summed E-state index contributed by atoms with van der Waals surface area (Å²) in [6.07, 6.45) is 0. The van der Waals surface area contributed by atoms with Gasteiger partial charge in [0.1, 0.15) is 5.75 Å². The average Bonchev–Trinajstić information content (AvgIpc) is 2.50. The Morgan fingerprint density at radius 1 is 1.13 bits per heavy atom. The van der Waals surface area contributed by atoms with Crippen molar-refractivity contribution in [2.75, 3.05) is 0 Å². The monoisotopic (exact) mass is 374 g/mol. The number of rotatable bonds is 4. The molecule has 0 aromatic heterocycles. The maximum Gasteiger partial charge on any atom is 0.269 e. The third-order valence-corrected chi connectivity index (χ3v) is 5.02. The topological polar surface area (TPSA) is 95.5 Å². The number of hydrogen-bond acceptors (Lipinski definition) is 4. The molecule has 9 heteroatoms. The molecule has 0 atom stereocenters. The van der Waals surface area contributed by atoms with E-state index in [1.54, 1.807) is 6.92 Å². The van der Waals surface area contributed by atoms with Crippen LogP contribution in [0.2, 0.25) is 10.0 Å². The number of carbonyl (C=O) groups is 1. The summed E-state index contributed by atoms with van der Waals surface area (Å²) in [6, 6.07) is 8.16. The Bertz CT molecular complexity index is 846. The molecule has 0 bridgehead atoms. The SMILES string of the molecule is Cc1c(Cl)cc(S(=O)(=O)NNC(=O)c2ccccc2O)cc1Cl. The number of phenols is 1. The summed E-state index contributed by atoms with van der Waals surface area (Å²) in [6.45, 7) is 1.65. The number of hydrazine groups is 1. The standard InChI is InChI=1S/C14H12Cl2N2O4S/c1-8-11(15)6-9(7-12(8)16)23(21,22)18-17-14(20)10-4-2-3-5-13(10)19/h2-7,18-19H,1H3,(H,17,20). The van der Waals surface area contributed by atoms with E-state index in [2.05, 4.69) is 0 Å². The maximum absolute atomic E-state index is 12.2. The van der Waals surface area contributed by atoms with Gasteiger partial charge in [0.15, 0.2) is 0 Å². The minimum atomic E-state index is -4.07. The van der Waals surface area contributed by atoms with Crippen LogP contribution in [0, 0.1) is 6.92 Å². The van der Waals surface area contributed by atoms with Crippen LogP contribution in [-0.2, 0) is 10.0 Å². The summed E-state index contributed by atoms with van der Waals surface area (Å²) in [5.74, 6) is -1.08. The van der Waals surface area contributed by atoms with E-state index in [-0.39, 0.29) is 26.3 Å². The van der Waals surface area contributed by atoms with Gasteiger partial charge in [-0.15, -0.1) is 4.83 Å². The van der Waals surface area contributed by atoms with E-state index in [9.17, 15) is 18.3 Å². The highest BCUT2D eigenvalue weighted by Crippen LogP contribution is 2.27. The number of phenolic OH excluding ortho intramolecular Hbond substituents is 1. The molecule has 0 saturated heterocycles. The van der Waals surface area contributed by atoms with Crippen molar-refractivity contribution >= 4 is 39.1 Å². The molecule has 0 heterocycles. The summed E-state index contributed by atoms with van der Waals surface area (Å²) < 4.78 is 24.3. The zero-order chi connectivity index (χ0) is 17.2. The Kier molecular flexibility index (Phi) is 5.16. The quantitative estimate of drug-likeness (QED) is 0.716. The molecular formula is C14H12Cl2N2O4S. The summed E-state index contributed by atoms with van der Waals surface area (Å²) in [5.41, 5.74) is 2.48. The zero-order valence-corrected chi connectivity index (χ0v) is 14.1. The number of sulfonamides is 1. The van der Waals surface area contributed by atoms with Gasteiger partial charge in [-0.05, 0) is 36.8 Å². The summed E-state index contributed by atoms with van der Waals surface area (Å²) in [4.78, 5) is 13.6.